The number of hydrogen-bond donors (Lipinski definition) is 1. The largest absolute Gasteiger partial charge is 0.368 e. The van der Waals surface area contributed by atoms with Crippen molar-refractivity contribution in [1.29, 1.82) is 0 Å². The van der Waals surface area contributed by atoms with E-state index in [2.05, 4.69) is 14.9 Å². The lowest BCUT2D eigenvalue weighted by atomic mass is 9.87. The van der Waals surface area contributed by atoms with E-state index in [1.807, 2.05) is 30.5 Å². The number of nitrogens with two attached hydrogens (primary N) is 1. The van der Waals surface area contributed by atoms with Crippen molar-refractivity contribution in [2.75, 3.05) is 6.54 Å². The van der Waals surface area contributed by atoms with Crippen molar-refractivity contribution in [3.8, 4) is 10.7 Å². The van der Waals surface area contributed by atoms with Crippen LogP contribution < -0.4 is 5.73 Å². The summed E-state index contributed by atoms with van der Waals surface area (Å²) in [4.78, 5) is 23.0. The van der Waals surface area contributed by atoms with Crippen LogP contribution in [0.4, 0.5) is 0 Å². The monoisotopic (exact) mass is 316 g/mol. The summed E-state index contributed by atoms with van der Waals surface area (Å²) in [6, 6.07) is 5.80. The maximum absolute atomic E-state index is 11.9. The summed E-state index contributed by atoms with van der Waals surface area (Å²) in [6.45, 7) is 3.49. The second-order valence-electron chi connectivity index (χ2n) is 5.88. The molecule has 0 aromatic carbocycles. The maximum atomic E-state index is 11.9. The fourth-order valence-electron chi connectivity index (χ4n) is 2.89. The van der Waals surface area contributed by atoms with Gasteiger partial charge >= 0.3 is 0 Å². The number of piperidine rings is 1. The average Bonchev–Trinajstić information content (AvgIpc) is 2.99. The number of thiazole rings is 1. The number of carbonyl (C=O) groups is 1. The minimum absolute atomic E-state index is 0.243. The number of pyridine rings is 1. The summed E-state index contributed by atoms with van der Waals surface area (Å²) >= 11 is 1.58. The quantitative estimate of drug-likeness (QED) is 0.940. The molecular weight excluding hydrogens is 296 g/mol. The number of aromatic nitrogens is 2. The molecule has 1 fully saturated rings. The van der Waals surface area contributed by atoms with Gasteiger partial charge in [0.2, 0.25) is 5.91 Å². The summed E-state index contributed by atoms with van der Waals surface area (Å²) in [5, 5.41) is 2.95. The number of amides is 1. The average molecular weight is 316 g/mol. The van der Waals surface area contributed by atoms with Crippen LogP contribution in [0.5, 0.6) is 0 Å². The molecule has 5 nitrogen and oxygen atoms in total. The Kier molecular flexibility index (Phi) is 4.22. The standard InChI is InChI=1S/C16H20N4OS/c1-16(15(17)21)7-3-5-9-20(16)10-12-11-22-14(19-12)13-6-2-4-8-18-13/h2,4,6,8,11H,3,5,7,9-10H2,1H3,(H2,17,21)/t16-/m0/s1. The van der Waals surface area contributed by atoms with E-state index < -0.39 is 5.54 Å². The third-order valence-electron chi connectivity index (χ3n) is 4.36. The Morgan fingerprint density at radius 1 is 1.45 bits per heavy atom. The van der Waals surface area contributed by atoms with Crippen LogP contribution in [-0.2, 0) is 11.3 Å². The Bertz CT molecular complexity index is 657. The van der Waals surface area contributed by atoms with Crippen LogP contribution in [0, 0.1) is 0 Å². The lowest BCUT2D eigenvalue weighted by molar-refractivity contribution is -0.132. The molecule has 1 atom stereocenters. The van der Waals surface area contributed by atoms with Gasteiger partial charge in [-0.2, -0.15) is 0 Å². The van der Waals surface area contributed by atoms with Gasteiger partial charge in [-0.3, -0.25) is 14.7 Å². The molecule has 3 heterocycles. The van der Waals surface area contributed by atoms with Crippen molar-refractivity contribution in [3.05, 3.63) is 35.5 Å². The molecule has 0 bridgehead atoms. The first-order valence-corrected chi connectivity index (χ1v) is 8.38. The second kappa shape index (κ2) is 6.14. The Morgan fingerprint density at radius 2 is 2.32 bits per heavy atom. The van der Waals surface area contributed by atoms with Crippen LogP contribution in [-0.4, -0.2) is 32.9 Å². The SMILES string of the molecule is C[C@@]1(C(N)=O)CCCCN1Cc1csc(-c2ccccn2)n1. The van der Waals surface area contributed by atoms with Gasteiger partial charge in [-0.1, -0.05) is 6.07 Å². The molecule has 1 amide bonds. The van der Waals surface area contributed by atoms with Gasteiger partial charge in [0.1, 0.15) is 5.01 Å². The summed E-state index contributed by atoms with van der Waals surface area (Å²) < 4.78 is 0. The van der Waals surface area contributed by atoms with Crippen molar-refractivity contribution < 1.29 is 4.79 Å². The van der Waals surface area contributed by atoms with Gasteiger partial charge in [-0.05, 0) is 44.9 Å². The number of likely N-dealkylation sites (tertiary alicyclic amines) is 1. The van der Waals surface area contributed by atoms with Gasteiger partial charge in [0.15, 0.2) is 0 Å². The Labute approximate surface area is 134 Å². The highest BCUT2D eigenvalue weighted by molar-refractivity contribution is 7.13. The normalized spacial score (nSPS) is 22.6. The zero-order valence-corrected chi connectivity index (χ0v) is 13.5. The second-order valence-corrected chi connectivity index (χ2v) is 6.73. The number of nitrogens with zero attached hydrogens (tertiary/aromatic N) is 3. The van der Waals surface area contributed by atoms with Crippen molar-refractivity contribution in [2.45, 2.75) is 38.3 Å². The molecule has 0 saturated carbocycles. The lowest BCUT2D eigenvalue weighted by Crippen LogP contribution is -2.57. The molecule has 0 aliphatic carbocycles. The molecule has 0 unspecified atom stereocenters. The highest BCUT2D eigenvalue weighted by Gasteiger charge is 2.39. The molecule has 2 aromatic heterocycles. The molecule has 2 N–H and O–H groups in total. The summed E-state index contributed by atoms with van der Waals surface area (Å²) in [7, 11) is 0. The first kappa shape index (κ1) is 15.1. The zero-order valence-electron chi connectivity index (χ0n) is 12.7. The molecule has 2 aromatic rings. The van der Waals surface area contributed by atoms with Crippen molar-refractivity contribution in [1.82, 2.24) is 14.9 Å². The third kappa shape index (κ3) is 2.89. The van der Waals surface area contributed by atoms with E-state index in [9.17, 15) is 4.79 Å². The van der Waals surface area contributed by atoms with E-state index >= 15 is 0 Å². The summed E-state index contributed by atoms with van der Waals surface area (Å²) in [5.74, 6) is -0.243. The molecule has 0 spiro atoms. The Morgan fingerprint density at radius 3 is 3.05 bits per heavy atom. The van der Waals surface area contributed by atoms with Gasteiger partial charge < -0.3 is 5.73 Å². The minimum Gasteiger partial charge on any atom is -0.368 e. The van der Waals surface area contributed by atoms with Crippen LogP contribution in [0.15, 0.2) is 29.8 Å². The Hall–Kier alpha value is -1.79. The van der Waals surface area contributed by atoms with E-state index in [0.717, 1.165) is 42.2 Å². The van der Waals surface area contributed by atoms with Crippen LogP contribution in [0.1, 0.15) is 31.9 Å². The van der Waals surface area contributed by atoms with Crippen LogP contribution >= 0.6 is 11.3 Å². The first-order chi connectivity index (χ1) is 10.6. The van der Waals surface area contributed by atoms with E-state index in [1.54, 1.807) is 17.5 Å². The molecule has 6 heteroatoms. The number of rotatable bonds is 4. The van der Waals surface area contributed by atoms with E-state index in [0.29, 0.717) is 6.54 Å². The molecule has 22 heavy (non-hydrogen) atoms. The van der Waals surface area contributed by atoms with E-state index in [-0.39, 0.29) is 5.91 Å². The molecule has 116 valence electrons. The smallest absolute Gasteiger partial charge is 0.237 e. The number of hydrogen-bond acceptors (Lipinski definition) is 5. The predicted molar refractivity (Wildman–Crippen MR) is 87.2 cm³/mol. The van der Waals surface area contributed by atoms with Gasteiger partial charge in [0.05, 0.1) is 16.9 Å². The van der Waals surface area contributed by atoms with Gasteiger partial charge in [0.25, 0.3) is 0 Å². The van der Waals surface area contributed by atoms with Crippen LogP contribution in [0.3, 0.4) is 0 Å². The van der Waals surface area contributed by atoms with Gasteiger partial charge in [-0.25, -0.2) is 4.98 Å². The number of primary amides is 1. The van der Waals surface area contributed by atoms with E-state index in [1.165, 1.54) is 0 Å². The predicted octanol–water partition coefficient (Wildman–Crippen LogP) is 2.43. The first-order valence-electron chi connectivity index (χ1n) is 7.50. The van der Waals surface area contributed by atoms with Gasteiger partial charge in [0, 0.05) is 18.1 Å². The third-order valence-corrected chi connectivity index (χ3v) is 5.27. The van der Waals surface area contributed by atoms with Crippen LogP contribution in [0.25, 0.3) is 10.7 Å². The number of carbonyl (C=O) groups excluding carboxylic acids is 1. The van der Waals surface area contributed by atoms with E-state index in [4.69, 9.17) is 5.73 Å². The fourth-order valence-corrected chi connectivity index (χ4v) is 3.68. The Balaban J connectivity index is 1.78. The molecule has 0 radical (unpaired) electrons. The molecule has 3 rings (SSSR count). The minimum atomic E-state index is -0.562. The van der Waals surface area contributed by atoms with Gasteiger partial charge in [-0.15, -0.1) is 11.3 Å². The highest BCUT2D eigenvalue weighted by Crippen LogP contribution is 2.30. The highest BCUT2D eigenvalue weighted by atomic mass is 32.1. The molecule has 1 aliphatic rings. The zero-order chi connectivity index (χ0) is 15.6. The van der Waals surface area contributed by atoms with Crippen molar-refractivity contribution >= 4 is 17.2 Å². The fraction of sp³-hybridized carbons (Fsp3) is 0.438. The molecule has 1 saturated heterocycles. The summed E-state index contributed by atoms with van der Waals surface area (Å²) in [6.07, 6.45) is 4.73. The molecular formula is C16H20N4OS. The van der Waals surface area contributed by atoms with Crippen molar-refractivity contribution in [2.24, 2.45) is 5.73 Å². The van der Waals surface area contributed by atoms with Crippen LogP contribution in [0.2, 0.25) is 0 Å². The lowest BCUT2D eigenvalue weighted by Gasteiger charge is -2.42. The molecule has 1 aliphatic heterocycles. The topological polar surface area (TPSA) is 72.1 Å². The maximum Gasteiger partial charge on any atom is 0.237 e. The summed E-state index contributed by atoms with van der Waals surface area (Å²) in [5.41, 5.74) is 6.93. The van der Waals surface area contributed by atoms with Crippen molar-refractivity contribution in [3.63, 3.8) is 0 Å².